The van der Waals surface area contributed by atoms with Gasteiger partial charge in [-0.3, -0.25) is 19.0 Å². The number of aryl methyl sites for hydroxylation is 2. The van der Waals surface area contributed by atoms with E-state index in [0.29, 0.717) is 53.9 Å². The van der Waals surface area contributed by atoms with E-state index in [2.05, 4.69) is 79.5 Å². The topological polar surface area (TPSA) is 231 Å². The molecule has 19 nitrogen and oxygen atoms in total. The van der Waals surface area contributed by atoms with E-state index in [9.17, 15) is 9.59 Å². The van der Waals surface area contributed by atoms with Gasteiger partial charge in [0.2, 0.25) is 11.8 Å². The molecule has 6 heterocycles. The number of aromatic nitrogens is 8. The average molecular weight is 1240 g/mol. The molecule has 0 spiro atoms. The number of hydrogen-bond donors (Lipinski definition) is 3. The molecule has 2 amide bonds. The van der Waals surface area contributed by atoms with Gasteiger partial charge in [0.1, 0.15) is 24.2 Å². The van der Waals surface area contributed by atoms with Gasteiger partial charge < -0.3 is 46.4 Å². The van der Waals surface area contributed by atoms with Crippen LogP contribution in [0.2, 0.25) is 0 Å². The number of fused-ring (bicyclic) bond motifs is 2. The largest absolute Gasteiger partial charge is 1.00 e. The Hall–Kier alpha value is -2.06. The smallest absolute Gasteiger partial charge is 1.00 e. The summed E-state index contributed by atoms with van der Waals surface area (Å²) in [5.74, 6) is 3.69. The first-order valence-electron chi connectivity index (χ1n) is 21.1. The summed E-state index contributed by atoms with van der Waals surface area (Å²) in [6.45, 7) is 8.55. The number of benzene rings is 2. The first-order chi connectivity index (χ1) is 30.7. The predicted molar refractivity (Wildman–Crippen MR) is 240 cm³/mol. The zero-order valence-corrected chi connectivity index (χ0v) is 51.8. The first kappa shape index (κ1) is 53.9. The molecule has 0 bridgehead atoms. The Morgan fingerprint density at radius 2 is 1.22 bits per heavy atom. The van der Waals surface area contributed by atoms with Crippen molar-refractivity contribution in [3.63, 3.8) is 0 Å². The van der Waals surface area contributed by atoms with Crippen LogP contribution in [-0.2, 0) is 32.4 Å². The quantitative estimate of drug-likeness (QED) is 0.0459. The number of anilines is 2. The maximum atomic E-state index is 12.3. The summed E-state index contributed by atoms with van der Waals surface area (Å²) in [6.07, 6.45) is 9.20. The standard InChI is InChI=1S/C21H24N6O2.C15H19IN6O.C6H6O.CH2O3.2Cs.H/c1-2-27-19-17(25-21(27)29-16-6-4-3-5-7-16)18(22-13-23-19)24-15-10-11-26(12-15)20(28)14-8-9-14;1-2-22-13-11(20-15(22)16)12(17-8-18-13)19-10-5-6-21(7-10)14(23)9-3-4-9;7-6-4-2-1-3-5-6;2-1-4-3;;;/h3-7,13-15H,2,8-12H2,1H3,(H,22,23,24);8-10H,2-7H2,1H3,(H,17,18,19);1-5,7H;1,3H;;;/q;;;;2*+1;-1/p-1/t15-;10-;;;;;/m00...../s1. The number of halogens is 1. The molecule has 2 saturated heterocycles. The van der Waals surface area contributed by atoms with Gasteiger partial charge in [-0.2, -0.15) is 4.98 Å². The van der Waals surface area contributed by atoms with E-state index in [1.165, 1.54) is 0 Å². The molecule has 2 saturated carbocycles. The number of para-hydroxylation sites is 2. The molecule has 2 atom stereocenters. The molecule has 2 aromatic carbocycles. The van der Waals surface area contributed by atoms with Gasteiger partial charge in [0.25, 0.3) is 6.47 Å². The molecule has 0 radical (unpaired) electrons. The number of phenolic OH excluding ortho intramolecular Hbond substituents is 1. The second-order valence-electron chi connectivity index (χ2n) is 15.4. The minimum absolute atomic E-state index is 0. The van der Waals surface area contributed by atoms with Crippen LogP contribution >= 0.6 is 22.6 Å². The number of ether oxygens (including phenoxy) is 1. The zero-order valence-electron chi connectivity index (χ0n) is 38.0. The van der Waals surface area contributed by atoms with Gasteiger partial charge in [-0.15, -0.1) is 0 Å². The van der Waals surface area contributed by atoms with Crippen molar-refractivity contribution in [2.45, 2.75) is 77.5 Å². The Kier molecular flexibility index (Phi) is 22.1. The molecule has 4 aliphatic rings. The molecule has 6 aromatic rings. The van der Waals surface area contributed by atoms with Gasteiger partial charge in [-0.1, -0.05) is 36.4 Å². The van der Waals surface area contributed by atoms with Crippen molar-refractivity contribution in [2.75, 3.05) is 36.8 Å². The van der Waals surface area contributed by atoms with Gasteiger partial charge >= 0.3 is 144 Å². The van der Waals surface area contributed by atoms with E-state index >= 15 is 0 Å². The number of aromatic hydroxyl groups is 1. The number of carbonyl (C=O) groups is 3. The number of amides is 2. The normalized spacial score (nSPS) is 17.2. The van der Waals surface area contributed by atoms with Crippen LogP contribution in [0, 0.1) is 15.7 Å². The van der Waals surface area contributed by atoms with Crippen molar-refractivity contribution in [3.8, 4) is 17.5 Å². The summed E-state index contributed by atoms with van der Waals surface area (Å²) in [5, 5.41) is 24.0. The Labute approximate surface area is 509 Å². The number of nitrogens with one attached hydrogen (secondary N) is 2. The molecule has 2 aliphatic heterocycles. The molecule has 334 valence electrons. The summed E-state index contributed by atoms with van der Waals surface area (Å²) in [7, 11) is 0. The fraction of sp³-hybridized carbons (Fsp3) is 0.419. The van der Waals surface area contributed by atoms with Crippen molar-refractivity contribution in [1.82, 2.24) is 48.8 Å². The van der Waals surface area contributed by atoms with Crippen LogP contribution in [0.4, 0.5) is 11.6 Å². The molecule has 10 rings (SSSR count). The summed E-state index contributed by atoms with van der Waals surface area (Å²) < 4.78 is 10.9. The minimum atomic E-state index is -0.181. The third-order valence-corrected chi connectivity index (χ3v) is 11.7. The van der Waals surface area contributed by atoms with Gasteiger partial charge in [0, 0.05) is 85.8 Å². The van der Waals surface area contributed by atoms with Gasteiger partial charge in [-0.05, 0) is 76.6 Å². The summed E-state index contributed by atoms with van der Waals surface area (Å²) in [4.78, 5) is 66.6. The first-order valence-corrected chi connectivity index (χ1v) is 22.2. The molecule has 65 heavy (non-hydrogen) atoms. The van der Waals surface area contributed by atoms with E-state index in [1.54, 1.807) is 36.9 Å². The van der Waals surface area contributed by atoms with Crippen molar-refractivity contribution < 1.29 is 174 Å². The van der Waals surface area contributed by atoms with Crippen LogP contribution in [0.3, 0.4) is 0 Å². The van der Waals surface area contributed by atoms with Crippen LogP contribution in [-0.4, -0.2) is 110 Å². The molecule has 22 heteroatoms. The Balaban J connectivity index is 0.000000230. The number of hydrogen-bond acceptors (Lipinski definition) is 15. The number of rotatable bonds is 11. The van der Waals surface area contributed by atoms with Gasteiger partial charge in [0.05, 0.1) is 0 Å². The van der Waals surface area contributed by atoms with Crippen LogP contribution < -0.4 is 158 Å². The average Bonchev–Trinajstić information content (AvgIpc) is 4.17. The molecule has 2 aliphatic carbocycles. The monoisotopic (exact) mass is 1240 g/mol. The fourth-order valence-corrected chi connectivity index (χ4v) is 8.23. The molecular weight excluding hydrogens is 1190 g/mol. The minimum Gasteiger partial charge on any atom is -1.00 e. The third-order valence-electron chi connectivity index (χ3n) is 10.9. The molecule has 0 unspecified atom stereocenters. The van der Waals surface area contributed by atoms with Crippen LogP contribution in [0.1, 0.15) is 53.8 Å². The Bertz CT molecular complexity index is 2490. The maximum Gasteiger partial charge on any atom is 1.00 e. The number of likely N-dealkylation sites (tertiary alicyclic amines) is 2. The summed E-state index contributed by atoms with van der Waals surface area (Å²) in [5.41, 5.74) is 3.09. The molecule has 3 N–H and O–H groups in total. The Morgan fingerprint density at radius 3 is 1.65 bits per heavy atom. The van der Waals surface area contributed by atoms with Gasteiger partial charge in [0.15, 0.2) is 37.8 Å². The SMILES string of the molecule is CCn1c(I)nc2c(N[C@H]3CCN(C(=O)C4CC4)C3)ncnc21.CCn1c(Oc2ccccc2)nc2c(N[C@H]3CCN(C(=O)C4CC4)C3)ncnc21.O=CO[O-].Oc1ccccc1.[Cs+].[Cs+].[H-]. The van der Waals surface area contributed by atoms with Gasteiger partial charge in [-0.25, -0.2) is 24.9 Å². The number of carbonyl (C=O) groups excluding carboxylic acids is 3. The molecule has 4 aromatic heterocycles. The number of imidazole rings is 2. The Morgan fingerprint density at radius 1 is 0.754 bits per heavy atom. The fourth-order valence-electron chi connectivity index (χ4n) is 7.42. The molecule has 4 fully saturated rings. The van der Waals surface area contributed by atoms with E-state index in [1.807, 2.05) is 57.7 Å². The van der Waals surface area contributed by atoms with E-state index in [-0.39, 0.29) is 164 Å². The number of nitrogens with zero attached hydrogens (tertiary/aromatic N) is 10. The predicted octanol–water partition coefficient (Wildman–Crippen LogP) is -1.12. The third kappa shape index (κ3) is 14.7. The van der Waals surface area contributed by atoms with Crippen molar-refractivity contribution >= 4 is 74.8 Å². The van der Waals surface area contributed by atoms with Crippen LogP contribution in [0.15, 0.2) is 73.3 Å². The van der Waals surface area contributed by atoms with E-state index < -0.39 is 0 Å². The van der Waals surface area contributed by atoms with E-state index in [0.717, 1.165) is 96.9 Å². The van der Waals surface area contributed by atoms with Crippen molar-refractivity contribution in [1.29, 1.82) is 0 Å². The van der Waals surface area contributed by atoms with E-state index in [4.69, 9.17) is 19.9 Å². The van der Waals surface area contributed by atoms with Crippen LogP contribution in [0.5, 0.6) is 17.5 Å². The molecular formula is C43H51Cs2IN12O7. The van der Waals surface area contributed by atoms with Crippen molar-refractivity contribution in [2.24, 2.45) is 11.8 Å². The second kappa shape index (κ2) is 26.6. The number of phenols is 1. The summed E-state index contributed by atoms with van der Waals surface area (Å²) >= 11 is 2.22. The maximum absolute atomic E-state index is 12.3. The summed E-state index contributed by atoms with van der Waals surface area (Å²) in [6, 6.07) is 19.2. The zero-order chi connectivity index (χ0) is 44.3. The van der Waals surface area contributed by atoms with Crippen molar-refractivity contribution in [3.05, 3.63) is 77.1 Å². The van der Waals surface area contributed by atoms with Crippen LogP contribution in [0.25, 0.3) is 22.3 Å². The second-order valence-corrected chi connectivity index (χ2v) is 16.3.